The molecule has 1 amide bonds. The number of esters is 2. The summed E-state index contributed by atoms with van der Waals surface area (Å²) in [4.78, 5) is 49.3. The molecule has 7 heteroatoms. The van der Waals surface area contributed by atoms with Crippen molar-refractivity contribution in [3.05, 3.63) is 30.3 Å². The second-order valence-corrected chi connectivity index (χ2v) is 4.88. The molecule has 0 bridgehead atoms. The Morgan fingerprint density at radius 1 is 0.958 bits per heavy atom. The zero-order chi connectivity index (χ0) is 18.1. The number of Topliss-reactive ketones (excluding diaryl/α,β-unsaturated/α-hetero) is 1. The number of carbonyl (C=O) groups is 4. The molecule has 130 valence electrons. The summed E-state index contributed by atoms with van der Waals surface area (Å²) in [6, 6.07) is 6.54. The Morgan fingerprint density at radius 2 is 1.46 bits per heavy atom. The Morgan fingerprint density at radius 3 is 1.88 bits per heavy atom. The topological polar surface area (TPSA) is 90.0 Å². The van der Waals surface area contributed by atoms with Crippen molar-refractivity contribution in [1.29, 1.82) is 0 Å². The van der Waals surface area contributed by atoms with Crippen molar-refractivity contribution in [2.45, 2.75) is 33.2 Å². The summed E-state index contributed by atoms with van der Waals surface area (Å²) in [7, 11) is 0. The first-order chi connectivity index (χ1) is 11.4. The van der Waals surface area contributed by atoms with Crippen molar-refractivity contribution < 1.29 is 28.7 Å². The fourth-order valence-corrected chi connectivity index (χ4v) is 2.07. The number of anilines is 1. The van der Waals surface area contributed by atoms with E-state index in [0.29, 0.717) is 5.69 Å². The van der Waals surface area contributed by atoms with E-state index < -0.39 is 30.3 Å². The molecule has 0 saturated carbocycles. The van der Waals surface area contributed by atoms with Gasteiger partial charge in [0.15, 0.2) is 0 Å². The zero-order valence-corrected chi connectivity index (χ0v) is 14.0. The monoisotopic (exact) mass is 335 g/mol. The summed E-state index contributed by atoms with van der Waals surface area (Å²) in [6.45, 7) is 4.51. The molecular weight excluding hydrogens is 314 g/mol. The molecule has 0 fully saturated rings. The van der Waals surface area contributed by atoms with Gasteiger partial charge in [-0.05, 0) is 32.9 Å². The summed E-state index contributed by atoms with van der Waals surface area (Å²) in [5, 5.41) is 0. The first-order valence-electron chi connectivity index (χ1n) is 7.62. The van der Waals surface area contributed by atoms with Gasteiger partial charge in [-0.15, -0.1) is 0 Å². The van der Waals surface area contributed by atoms with Crippen molar-refractivity contribution >= 4 is 29.3 Å². The smallest absolute Gasteiger partial charge is 0.341 e. The van der Waals surface area contributed by atoms with Gasteiger partial charge in [-0.1, -0.05) is 18.2 Å². The number of ketones is 1. The Kier molecular flexibility index (Phi) is 7.61. The van der Waals surface area contributed by atoms with Gasteiger partial charge in [0.05, 0.1) is 19.6 Å². The molecule has 0 heterocycles. The Hall–Kier alpha value is -2.70. The van der Waals surface area contributed by atoms with Crippen LogP contribution in [0.5, 0.6) is 0 Å². The molecule has 0 aliphatic rings. The predicted octanol–water partition coefficient (Wildman–Crippen LogP) is 1.49. The Balaban J connectivity index is 3.33. The number of rotatable bonds is 8. The maximum Gasteiger partial charge on any atom is 0.341 e. The standard InChI is InChI=1S/C17H21NO6/c1-4-23-16(21)15(17(22)24-5-2)18(14(20)11-12(3)19)13-9-7-6-8-10-13/h6-10,15H,4-5,11H2,1-3H3. The summed E-state index contributed by atoms with van der Waals surface area (Å²) < 4.78 is 9.82. The average Bonchev–Trinajstić information content (AvgIpc) is 2.52. The highest BCUT2D eigenvalue weighted by molar-refractivity contribution is 6.14. The third-order valence-corrected chi connectivity index (χ3v) is 2.98. The van der Waals surface area contributed by atoms with Crippen molar-refractivity contribution in [3.8, 4) is 0 Å². The van der Waals surface area contributed by atoms with Crippen LogP contribution < -0.4 is 4.90 Å². The van der Waals surface area contributed by atoms with Crippen LogP contribution in [-0.2, 0) is 28.7 Å². The first-order valence-corrected chi connectivity index (χ1v) is 7.62. The lowest BCUT2D eigenvalue weighted by Crippen LogP contribution is -2.52. The minimum atomic E-state index is -1.60. The number of carbonyl (C=O) groups excluding carboxylic acids is 4. The Bertz CT molecular complexity index is 580. The summed E-state index contributed by atoms with van der Waals surface area (Å²) in [6.07, 6.45) is -0.440. The van der Waals surface area contributed by atoms with Gasteiger partial charge in [-0.2, -0.15) is 0 Å². The molecule has 0 aliphatic heterocycles. The van der Waals surface area contributed by atoms with Crippen LogP contribution in [0.1, 0.15) is 27.2 Å². The molecule has 1 rings (SSSR count). The first kappa shape index (κ1) is 19.3. The van der Waals surface area contributed by atoms with Crippen LogP contribution in [-0.4, -0.2) is 42.9 Å². The largest absolute Gasteiger partial charge is 0.464 e. The number of benzene rings is 1. The van der Waals surface area contributed by atoms with Crippen LogP contribution >= 0.6 is 0 Å². The molecule has 0 unspecified atom stereocenters. The van der Waals surface area contributed by atoms with Gasteiger partial charge < -0.3 is 9.47 Å². The van der Waals surface area contributed by atoms with Crippen LogP contribution in [0.4, 0.5) is 5.69 Å². The van der Waals surface area contributed by atoms with Crippen molar-refractivity contribution in [1.82, 2.24) is 0 Å². The molecule has 0 atom stereocenters. The molecule has 1 aromatic rings. The lowest BCUT2D eigenvalue weighted by Gasteiger charge is -2.28. The molecule has 0 radical (unpaired) electrons. The quantitative estimate of drug-likeness (QED) is 0.528. The number of ether oxygens (including phenoxy) is 2. The molecule has 0 aliphatic carbocycles. The van der Waals surface area contributed by atoms with E-state index >= 15 is 0 Å². The number of nitrogens with zero attached hydrogens (tertiary/aromatic N) is 1. The van der Waals surface area contributed by atoms with Crippen molar-refractivity contribution in [3.63, 3.8) is 0 Å². The van der Waals surface area contributed by atoms with Gasteiger partial charge in [0, 0.05) is 5.69 Å². The van der Waals surface area contributed by atoms with Gasteiger partial charge in [0.25, 0.3) is 0 Å². The van der Waals surface area contributed by atoms with E-state index in [1.807, 2.05) is 0 Å². The fourth-order valence-electron chi connectivity index (χ4n) is 2.07. The van der Waals surface area contributed by atoms with Gasteiger partial charge in [0.1, 0.15) is 5.78 Å². The number of para-hydroxylation sites is 1. The maximum absolute atomic E-state index is 12.5. The molecular formula is C17H21NO6. The van der Waals surface area contributed by atoms with Crippen LogP contribution in [0.25, 0.3) is 0 Å². The SMILES string of the molecule is CCOC(=O)C(C(=O)OCC)N(C(=O)CC(C)=O)c1ccccc1. The highest BCUT2D eigenvalue weighted by Crippen LogP contribution is 2.20. The highest BCUT2D eigenvalue weighted by atomic mass is 16.6. The van der Waals surface area contributed by atoms with Crippen LogP contribution in [0, 0.1) is 0 Å². The minimum absolute atomic E-state index is 0.0399. The molecule has 0 N–H and O–H groups in total. The van der Waals surface area contributed by atoms with E-state index in [1.54, 1.807) is 44.2 Å². The van der Waals surface area contributed by atoms with E-state index in [4.69, 9.17) is 9.47 Å². The number of amides is 1. The minimum Gasteiger partial charge on any atom is -0.464 e. The lowest BCUT2D eigenvalue weighted by atomic mass is 10.1. The van der Waals surface area contributed by atoms with Crippen molar-refractivity contribution in [2.75, 3.05) is 18.1 Å². The van der Waals surface area contributed by atoms with Gasteiger partial charge in [-0.3, -0.25) is 14.5 Å². The maximum atomic E-state index is 12.5. The third-order valence-electron chi connectivity index (χ3n) is 2.98. The molecule has 0 spiro atoms. The van der Waals surface area contributed by atoms with E-state index in [1.165, 1.54) is 6.92 Å². The number of hydrogen-bond acceptors (Lipinski definition) is 6. The van der Waals surface area contributed by atoms with E-state index in [9.17, 15) is 19.2 Å². The third kappa shape index (κ3) is 5.19. The summed E-state index contributed by atoms with van der Waals surface area (Å²) >= 11 is 0. The van der Waals surface area contributed by atoms with E-state index in [2.05, 4.69) is 0 Å². The van der Waals surface area contributed by atoms with Crippen LogP contribution in [0.3, 0.4) is 0 Å². The second-order valence-electron chi connectivity index (χ2n) is 4.88. The molecule has 0 saturated heterocycles. The molecule has 24 heavy (non-hydrogen) atoms. The molecule has 1 aromatic carbocycles. The normalized spacial score (nSPS) is 10.2. The zero-order valence-electron chi connectivity index (χ0n) is 14.0. The Labute approximate surface area is 140 Å². The van der Waals surface area contributed by atoms with E-state index in [-0.39, 0.29) is 19.0 Å². The molecule has 7 nitrogen and oxygen atoms in total. The predicted molar refractivity (Wildman–Crippen MR) is 86.3 cm³/mol. The number of hydrogen-bond donors (Lipinski definition) is 0. The fraction of sp³-hybridized carbons (Fsp3) is 0.412. The highest BCUT2D eigenvalue weighted by Gasteiger charge is 2.39. The van der Waals surface area contributed by atoms with Crippen LogP contribution in [0.2, 0.25) is 0 Å². The van der Waals surface area contributed by atoms with Gasteiger partial charge in [0.2, 0.25) is 11.9 Å². The van der Waals surface area contributed by atoms with Gasteiger partial charge in [-0.25, -0.2) is 9.59 Å². The van der Waals surface area contributed by atoms with Gasteiger partial charge >= 0.3 is 11.9 Å². The van der Waals surface area contributed by atoms with E-state index in [0.717, 1.165) is 4.90 Å². The summed E-state index contributed by atoms with van der Waals surface area (Å²) in [5.74, 6) is -2.87. The average molecular weight is 335 g/mol. The molecule has 0 aromatic heterocycles. The van der Waals surface area contributed by atoms with Crippen LogP contribution in [0.15, 0.2) is 30.3 Å². The van der Waals surface area contributed by atoms with Crippen molar-refractivity contribution in [2.24, 2.45) is 0 Å². The second kappa shape index (κ2) is 9.44. The lowest BCUT2D eigenvalue weighted by molar-refractivity contribution is -0.158. The summed E-state index contributed by atoms with van der Waals surface area (Å²) in [5.41, 5.74) is 0.301.